The number of ketones is 1. The van der Waals surface area contributed by atoms with Crippen LogP contribution in [0.1, 0.15) is 13.3 Å². The molecule has 1 atom stereocenters. The molecular formula is C10H16FNO2. The summed E-state index contributed by atoms with van der Waals surface area (Å²) in [4.78, 5) is 11.1. The molecule has 0 aliphatic heterocycles. The largest absolute Gasteiger partial charge is 0.376 e. The molecule has 0 fully saturated rings. The first-order chi connectivity index (χ1) is 6.52. The summed E-state index contributed by atoms with van der Waals surface area (Å²) in [5.74, 6) is -0.568. The molecule has 3 nitrogen and oxygen atoms in total. The second kappa shape index (κ2) is 6.45. The molecule has 0 amide bonds. The van der Waals surface area contributed by atoms with E-state index in [0.29, 0.717) is 6.42 Å². The maximum absolute atomic E-state index is 12.4. The number of Topliss-reactive ketones (excluding diaryl/α,β-unsaturated/α-hetero) is 1. The number of halogens is 1. The van der Waals surface area contributed by atoms with Crippen LogP contribution in [-0.2, 0) is 9.53 Å². The molecule has 0 saturated heterocycles. The Morgan fingerprint density at radius 2 is 2.29 bits per heavy atom. The van der Waals surface area contributed by atoms with Crippen molar-refractivity contribution in [2.45, 2.75) is 19.4 Å². The van der Waals surface area contributed by atoms with Gasteiger partial charge in [0.25, 0.3) is 0 Å². The summed E-state index contributed by atoms with van der Waals surface area (Å²) in [7, 11) is 1.45. The highest BCUT2D eigenvalue weighted by Crippen LogP contribution is 2.11. The Hall–Kier alpha value is -1.00. The van der Waals surface area contributed by atoms with Crippen molar-refractivity contribution in [3.05, 3.63) is 24.1 Å². The van der Waals surface area contributed by atoms with Crippen molar-refractivity contribution in [2.24, 2.45) is 5.73 Å². The van der Waals surface area contributed by atoms with Crippen LogP contribution in [0, 0.1) is 0 Å². The Labute approximate surface area is 83.4 Å². The van der Waals surface area contributed by atoms with Crippen LogP contribution in [0.25, 0.3) is 0 Å². The smallest absolute Gasteiger partial charge is 0.174 e. The van der Waals surface area contributed by atoms with E-state index in [0.717, 1.165) is 0 Å². The van der Waals surface area contributed by atoms with Gasteiger partial charge >= 0.3 is 0 Å². The summed E-state index contributed by atoms with van der Waals surface area (Å²) in [5, 5.41) is 0. The van der Waals surface area contributed by atoms with Gasteiger partial charge in [-0.1, -0.05) is 12.7 Å². The highest BCUT2D eigenvalue weighted by atomic mass is 19.1. The van der Waals surface area contributed by atoms with Crippen molar-refractivity contribution in [1.82, 2.24) is 0 Å². The van der Waals surface area contributed by atoms with Gasteiger partial charge in [0.15, 0.2) is 5.78 Å². The van der Waals surface area contributed by atoms with Gasteiger partial charge in [0.05, 0.1) is 18.5 Å². The van der Waals surface area contributed by atoms with Crippen molar-refractivity contribution in [1.29, 1.82) is 0 Å². The fourth-order valence-electron chi connectivity index (χ4n) is 0.961. The number of carbonyl (C=O) groups is 1. The second-order valence-corrected chi connectivity index (χ2v) is 2.90. The molecule has 1 unspecified atom stereocenters. The summed E-state index contributed by atoms with van der Waals surface area (Å²) in [5.41, 5.74) is 5.45. The minimum Gasteiger partial charge on any atom is -0.376 e. The number of nitrogens with two attached hydrogens (primary N) is 1. The highest BCUT2D eigenvalue weighted by molar-refractivity contribution is 5.97. The molecule has 0 aliphatic carbocycles. The lowest BCUT2D eigenvalue weighted by atomic mass is 10.0. The molecular weight excluding hydrogens is 185 g/mol. The van der Waals surface area contributed by atoms with Gasteiger partial charge in [0.1, 0.15) is 0 Å². The number of allylic oxidation sites excluding steroid dienone is 1. The van der Waals surface area contributed by atoms with Crippen molar-refractivity contribution in [3.63, 3.8) is 0 Å². The van der Waals surface area contributed by atoms with Gasteiger partial charge in [-0.3, -0.25) is 4.79 Å². The Balaban J connectivity index is 4.34. The van der Waals surface area contributed by atoms with Crippen LogP contribution in [0.3, 0.4) is 0 Å². The fourth-order valence-corrected chi connectivity index (χ4v) is 0.961. The second-order valence-electron chi connectivity index (χ2n) is 2.90. The zero-order chi connectivity index (χ0) is 11.1. The first kappa shape index (κ1) is 13.0. The number of hydrogen-bond donors (Lipinski definition) is 1. The Morgan fingerprint density at radius 3 is 2.64 bits per heavy atom. The molecule has 0 rings (SSSR count). The molecule has 0 aliphatic rings. The third-order valence-electron chi connectivity index (χ3n) is 1.83. The highest BCUT2D eigenvalue weighted by Gasteiger charge is 2.16. The average molecular weight is 201 g/mol. The van der Waals surface area contributed by atoms with Crippen molar-refractivity contribution < 1.29 is 13.9 Å². The van der Waals surface area contributed by atoms with Gasteiger partial charge < -0.3 is 10.5 Å². The van der Waals surface area contributed by atoms with Crippen LogP contribution >= 0.6 is 0 Å². The van der Waals surface area contributed by atoms with Gasteiger partial charge in [-0.2, -0.15) is 0 Å². The van der Waals surface area contributed by atoms with Crippen molar-refractivity contribution >= 4 is 5.78 Å². The predicted molar refractivity (Wildman–Crippen MR) is 53.5 cm³/mol. The van der Waals surface area contributed by atoms with E-state index in [-0.39, 0.29) is 23.7 Å². The van der Waals surface area contributed by atoms with E-state index in [1.54, 1.807) is 0 Å². The Kier molecular flexibility index (Phi) is 5.99. The van der Waals surface area contributed by atoms with Crippen LogP contribution in [0.2, 0.25) is 0 Å². The molecule has 0 heterocycles. The van der Waals surface area contributed by atoms with Gasteiger partial charge in [0.2, 0.25) is 0 Å². The average Bonchev–Trinajstić information content (AvgIpc) is 2.16. The maximum Gasteiger partial charge on any atom is 0.174 e. The lowest BCUT2D eigenvalue weighted by Crippen LogP contribution is -2.24. The Morgan fingerprint density at radius 1 is 1.71 bits per heavy atom. The first-order valence-corrected chi connectivity index (χ1v) is 4.30. The number of methoxy groups -OCH3 is 1. The van der Waals surface area contributed by atoms with E-state index >= 15 is 0 Å². The third-order valence-corrected chi connectivity index (χ3v) is 1.83. The first-order valence-electron chi connectivity index (χ1n) is 4.30. The zero-order valence-electron chi connectivity index (χ0n) is 8.55. The summed E-state index contributed by atoms with van der Waals surface area (Å²) >= 11 is 0. The van der Waals surface area contributed by atoms with Gasteiger partial charge in [-0.15, -0.1) is 0 Å². The molecule has 14 heavy (non-hydrogen) atoms. The minimum atomic E-state index is -0.489. The molecule has 4 heteroatoms. The quantitative estimate of drug-likeness (QED) is 0.660. The number of hydrogen-bond acceptors (Lipinski definition) is 3. The summed E-state index contributed by atoms with van der Waals surface area (Å²) in [6, 6.07) is 0. The molecule has 0 aromatic rings. The zero-order valence-corrected chi connectivity index (χ0v) is 8.55. The van der Waals surface area contributed by atoms with Crippen LogP contribution in [0.5, 0.6) is 0 Å². The summed E-state index contributed by atoms with van der Waals surface area (Å²) < 4.78 is 17.4. The summed E-state index contributed by atoms with van der Waals surface area (Å²) in [6.07, 6.45) is 1.16. The van der Waals surface area contributed by atoms with Crippen molar-refractivity contribution in [3.8, 4) is 0 Å². The molecule has 0 spiro atoms. The molecule has 0 saturated carbocycles. The monoisotopic (exact) mass is 201 g/mol. The van der Waals surface area contributed by atoms with E-state index in [2.05, 4.69) is 6.58 Å². The van der Waals surface area contributed by atoms with E-state index in [9.17, 15) is 9.18 Å². The molecule has 0 aromatic heterocycles. The summed E-state index contributed by atoms with van der Waals surface area (Å²) in [6.45, 7) is 4.80. The van der Waals surface area contributed by atoms with Crippen LogP contribution < -0.4 is 5.73 Å². The standard InChI is InChI=1S/C10H16FNO2/c1-7(11)4-5-10(14-3)8(2)9(13)6-12/h4,10H,2,5-6,12H2,1,3H3. The van der Waals surface area contributed by atoms with Crippen molar-refractivity contribution in [2.75, 3.05) is 13.7 Å². The molecule has 0 bridgehead atoms. The van der Waals surface area contributed by atoms with Gasteiger partial charge in [-0.05, 0) is 13.3 Å². The minimum absolute atomic E-state index is 0.100. The lowest BCUT2D eigenvalue weighted by Gasteiger charge is -2.14. The molecule has 0 radical (unpaired) electrons. The van der Waals surface area contributed by atoms with Crippen LogP contribution in [0.15, 0.2) is 24.1 Å². The number of carbonyl (C=O) groups excluding carboxylic acids is 1. The predicted octanol–water partition coefficient (Wildman–Crippen LogP) is 1.35. The maximum atomic E-state index is 12.4. The van der Waals surface area contributed by atoms with E-state index < -0.39 is 6.10 Å². The van der Waals surface area contributed by atoms with E-state index in [4.69, 9.17) is 10.5 Å². The van der Waals surface area contributed by atoms with Gasteiger partial charge in [0, 0.05) is 12.7 Å². The molecule has 2 N–H and O–H groups in total. The van der Waals surface area contributed by atoms with Gasteiger partial charge in [-0.25, -0.2) is 4.39 Å². The number of ether oxygens (including phenoxy) is 1. The topological polar surface area (TPSA) is 52.3 Å². The van der Waals surface area contributed by atoms with Crippen LogP contribution in [-0.4, -0.2) is 25.5 Å². The number of rotatable bonds is 6. The normalized spacial score (nSPS) is 13.9. The molecule has 80 valence electrons. The van der Waals surface area contributed by atoms with E-state index in [1.165, 1.54) is 20.1 Å². The van der Waals surface area contributed by atoms with E-state index in [1.807, 2.05) is 0 Å². The lowest BCUT2D eigenvalue weighted by molar-refractivity contribution is -0.115. The Bertz CT molecular complexity index is 245. The van der Waals surface area contributed by atoms with Crippen LogP contribution in [0.4, 0.5) is 4.39 Å². The fraction of sp³-hybridized carbons (Fsp3) is 0.500. The SMILES string of the molecule is C=C(C(=O)CN)C(CC=C(C)F)OC. The molecule has 0 aromatic carbocycles. The third kappa shape index (κ3) is 4.30.